The first kappa shape index (κ1) is 20.5. The van der Waals surface area contributed by atoms with Crippen molar-refractivity contribution in [3.63, 3.8) is 0 Å². The number of benzene rings is 2. The van der Waals surface area contributed by atoms with Gasteiger partial charge in [-0.1, -0.05) is 69.0 Å². The highest BCUT2D eigenvalue weighted by molar-refractivity contribution is 6.01. The third kappa shape index (κ3) is 2.92. The van der Waals surface area contributed by atoms with Crippen molar-refractivity contribution in [2.75, 3.05) is 11.6 Å². The molecular weight excluding hydrogens is 384 g/mol. The summed E-state index contributed by atoms with van der Waals surface area (Å²) in [5, 5.41) is 15.1. The summed E-state index contributed by atoms with van der Waals surface area (Å²) in [6.07, 6.45) is 2.99. The van der Waals surface area contributed by atoms with Crippen LogP contribution in [0.1, 0.15) is 45.1 Å². The molecule has 1 amide bonds. The summed E-state index contributed by atoms with van der Waals surface area (Å²) in [6.45, 7) is 9.19. The predicted octanol–water partition coefficient (Wildman–Crippen LogP) is 4.91. The third-order valence-electron chi connectivity index (χ3n) is 8.39. The highest BCUT2D eigenvalue weighted by atomic mass is 16.3. The number of hydrogen-bond donors (Lipinski definition) is 1. The number of hydrazine groups is 1. The van der Waals surface area contributed by atoms with E-state index in [-0.39, 0.29) is 22.8 Å². The molecule has 1 aliphatic heterocycles. The number of fused-ring (bicyclic) bond motifs is 1. The third-order valence-corrected chi connectivity index (χ3v) is 8.39. The van der Waals surface area contributed by atoms with E-state index in [9.17, 15) is 9.90 Å². The van der Waals surface area contributed by atoms with Gasteiger partial charge in [0.15, 0.2) is 0 Å². The van der Waals surface area contributed by atoms with E-state index in [1.54, 1.807) is 0 Å². The van der Waals surface area contributed by atoms with Gasteiger partial charge in [-0.15, -0.1) is 0 Å². The minimum absolute atomic E-state index is 0.0187. The molecular formula is C27H32N2O2. The van der Waals surface area contributed by atoms with E-state index in [1.807, 2.05) is 65.7 Å². The second-order valence-corrected chi connectivity index (χ2v) is 10.1. The van der Waals surface area contributed by atoms with Crippen LogP contribution >= 0.6 is 0 Å². The molecule has 0 aromatic heterocycles. The topological polar surface area (TPSA) is 43.8 Å². The van der Waals surface area contributed by atoms with Crippen LogP contribution in [0.4, 0.5) is 5.69 Å². The van der Waals surface area contributed by atoms with Crippen LogP contribution in [0.15, 0.2) is 67.2 Å². The van der Waals surface area contributed by atoms with E-state index in [2.05, 4.69) is 25.4 Å². The fraction of sp³-hybridized carbons (Fsp3) is 0.444. The number of carbonyl (C=O) groups is 1. The molecule has 2 aliphatic carbocycles. The number of para-hydroxylation sites is 1. The molecule has 2 aromatic carbocycles. The summed E-state index contributed by atoms with van der Waals surface area (Å²) in [5.41, 5.74) is 2.49. The molecule has 5 rings (SSSR count). The first-order valence-electron chi connectivity index (χ1n) is 11.4. The summed E-state index contributed by atoms with van der Waals surface area (Å²) in [7, 11) is 0. The SMILES string of the molecule is C=C(C[C@H](O)CN1[C@@H]2C[C@H]3CC[C@]2(C(=O)N1c1ccccc1)C3(C)C)c1ccccc1. The number of carbonyl (C=O) groups excluding carboxylic acids is 1. The van der Waals surface area contributed by atoms with Crippen LogP contribution in [0.25, 0.3) is 5.57 Å². The second kappa shape index (κ2) is 7.32. The molecule has 0 unspecified atom stereocenters. The Balaban J connectivity index is 1.44. The Morgan fingerprint density at radius 3 is 2.42 bits per heavy atom. The maximum Gasteiger partial charge on any atom is 0.249 e. The standard InChI is InChI=1S/C27H32N2O2/c1-19(20-10-6-4-7-11-20)16-23(30)18-28-24-17-21-14-15-27(24,26(21,2)3)25(31)29(28)22-12-8-5-9-13-22/h4-13,21,23-24,30H,1,14-18H2,2-3H3/t21-,23+,24-,27+/m1/s1. The van der Waals surface area contributed by atoms with E-state index >= 15 is 0 Å². The van der Waals surface area contributed by atoms with Gasteiger partial charge in [0.1, 0.15) is 0 Å². The van der Waals surface area contributed by atoms with Crippen molar-refractivity contribution in [3.8, 4) is 0 Å². The zero-order valence-electron chi connectivity index (χ0n) is 18.5. The normalized spacial score (nSPS) is 29.9. The van der Waals surface area contributed by atoms with E-state index in [4.69, 9.17) is 0 Å². The number of β-amino-alcohol motifs (C(OH)–C–C–N with tert-alkyl or cyclic N) is 1. The van der Waals surface area contributed by atoms with Gasteiger partial charge in [-0.25, -0.2) is 10.0 Å². The maximum atomic E-state index is 14.0. The van der Waals surface area contributed by atoms with Crippen LogP contribution in [0, 0.1) is 16.7 Å². The van der Waals surface area contributed by atoms with Crippen molar-refractivity contribution in [1.82, 2.24) is 5.01 Å². The van der Waals surface area contributed by atoms with Gasteiger partial charge in [0.25, 0.3) is 0 Å². The van der Waals surface area contributed by atoms with E-state index in [0.717, 1.165) is 36.1 Å². The molecule has 31 heavy (non-hydrogen) atoms. The average Bonchev–Trinajstić information content (AvgIpc) is 3.28. The molecule has 1 heterocycles. The number of anilines is 1. The second-order valence-electron chi connectivity index (χ2n) is 10.1. The van der Waals surface area contributed by atoms with Crippen molar-refractivity contribution in [1.29, 1.82) is 0 Å². The molecule has 2 bridgehead atoms. The fourth-order valence-corrected chi connectivity index (χ4v) is 6.67. The molecule has 1 saturated heterocycles. The Hall–Kier alpha value is -2.43. The zero-order chi connectivity index (χ0) is 21.8. The predicted molar refractivity (Wildman–Crippen MR) is 124 cm³/mol. The smallest absolute Gasteiger partial charge is 0.249 e. The van der Waals surface area contributed by atoms with Crippen LogP contribution in [0.2, 0.25) is 0 Å². The van der Waals surface area contributed by atoms with Crippen LogP contribution < -0.4 is 5.01 Å². The van der Waals surface area contributed by atoms with Crippen LogP contribution in [-0.4, -0.2) is 34.7 Å². The molecule has 1 spiro atoms. The summed E-state index contributed by atoms with van der Waals surface area (Å²) < 4.78 is 0. The molecule has 4 atom stereocenters. The van der Waals surface area contributed by atoms with Gasteiger partial charge in [0, 0.05) is 12.6 Å². The number of nitrogens with zero attached hydrogens (tertiary/aromatic N) is 2. The Bertz CT molecular complexity index is 987. The minimum atomic E-state index is -0.593. The van der Waals surface area contributed by atoms with Crippen molar-refractivity contribution in [2.24, 2.45) is 16.7 Å². The quantitative estimate of drug-likeness (QED) is 0.728. The molecule has 4 heteroatoms. The van der Waals surface area contributed by atoms with Crippen LogP contribution in [0.5, 0.6) is 0 Å². The summed E-state index contributed by atoms with van der Waals surface area (Å²) >= 11 is 0. The molecule has 3 fully saturated rings. The molecule has 4 nitrogen and oxygen atoms in total. The number of amides is 1. The molecule has 1 N–H and O–H groups in total. The molecule has 2 saturated carbocycles. The van der Waals surface area contributed by atoms with Gasteiger partial charge >= 0.3 is 0 Å². The fourth-order valence-electron chi connectivity index (χ4n) is 6.67. The van der Waals surface area contributed by atoms with Gasteiger partial charge < -0.3 is 5.11 Å². The lowest BCUT2D eigenvalue weighted by molar-refractivity contribution is -0.129. The lowest BCUT2D eigenvalue weighted by atomic mass is 9.67. The first-order chi connectivity index (χ1) is 14.9. The first-order valence-corrected chi connectivity index (χ1v) is 11.4. The van der Waals surface area contributed by atoms with Gasteiger partial charge in [0.05, 0.1) is 17.2 Å². The number of hydrogen-bond acceptors (Lipinski definition) is 3. The molecule has 0 radical (unpaired) electrons. The number of rotatable bonds is 6. The molecule has 2 aromatic rings. The van der Waals surface area contributed by atoms with Crippen molar-refractivity contribution in [2.45, 2.75) is 51.7 Å². The highest BCUT2D eigenvalue weighted by Crippen LogP contribution is 2.70. The monoisotopic (exact) mass is 416 g/mol. The van der Waals surface area contributed by atoms with E-state index in [0.29, 0.717) is 18.9 Å². The number of aliphatic hydroxyl groups excluding tert-OH is 1. The van der Waals surface area contributed by atoms with Crippen LogP contribution in [0.3, 0.4) is 0 Å². The average molecular weight is 417 g/mol. The van der Waals surface area contributed by atoms with Crippen molar-refractivity contribution < 1.29 is 9.90 Å². The molecule has 3 aliphatic rings. The Kier molecular flexibility index (Phi) is 4.83. The zero-order valence-corrected chi connectivity index (χ0v) is 18.5. The van der Waals surface area contributed by atoms with Gasteiger partial charge in [-0.3, -0.25) is 4.79 Å². The summed E-state index contributed by atoms with van der Waals surface area (Å²) in [4.78, 5) is 14.0. The van der Waals surface area contributed by atoms with Gasteiger partial charge in [-0.2, -0.15) is 0 Å². The summed E-state index contributed by atoms with van der Waals surface area (Å²) in [6, 6.07) is 20.1. The molecule has 162 valence electrons. The van der Waals surface area contributed by atoms with Crippen molar-refractivity contribution in [3.05, 3.63) is 72.8 Å². The Morgan fingerprint density at radius 2 is 1.77 bits per heavy atom. The lowest BCUT2D eigenvalue weighted by Gasteiger charge is -2.35. The Labute approximate surface area is 185 Å². The van der Waals surface area contributed by atoms with Gasteiger partial charge in [-0.05, 0) is 60.3 Å². The summed E-state index contributed by atoms with van der Waals surface area (Å²) in [5.74, 6) is 0.779. The number of aliphatic hydroxyl groups is 1. The largest absolute Gasteiger partial charge is 0.391 e. The lowest BCUT2D eigenvalue weighted by Crippen LogP contribution is -2.47. The Morgan fingerprint density at radius 1 is 1.13 bits per heavy atom. The maximum absolute atomic E-state index is 14.0. The highest BCUT2D eigenvalue weighted by Gasteiger charge is 2.74. The van der Waals surface area contributed by atoms with Crippen molar-refractivity contribution >= 4 is 17.2 Å². The van der Waals surface area contributed by atoms with E-state index < -0.39 is 6.10 Å². The van der Waals surface area contributed by atoms with Crippen LogP contribution in [-0.2, 0) is 4.79 Å². The van der Waals surface area contributed by atoms with E-state index in [1.165, 1.54) is 0 Å². The minimum Gasteiger partial charge on any atom is -0.391 e. The van der Waals surface area contributed by atoms with Gasteiger partial charge in [0.2, 0.25) is 5.91 Å².